The van der Waals surface area contributed by atoms with Crippen LogP contribution in [0, 0.1) is 0 Å². The van der Waals surface area contributed by atoms with Gasteiger partial charge in [0.1, 0.15) is 11.5 Å². The molecule has 1 aromatic heterocycles. The van der Waals surface area contributed by atoms with Gasteiger partial charge >= 0.3 is 0 Å². The average molecular weight is 473 g/mol. The van der Waals surface area contributed by atoms with Crippen LogP contribution in [-0.2, 0) is 21.2 Å². The van der Waals surface area contributed by atoms with E-state index in [1.54, 1.807) is 0 Å². The third-order valence-corrected chi connectivity index (χ3v) is 6.34. The van der Waals surface area contributed by atoms with Gasteiger partial charge in [0.25, 0.3) is 0 Å². The smallest absolute Gasteiger partial charge is 0.199 e. The number of nitrogens with zero attached hydrogens (tertiary/aromatic N) is 4. The van der Waals surface area contributed by atoms with Crippen molar-refractivity contribution in [1.82, 2.24) is 20.2 Å². The van der Waals surface area contributed by atoms with Crippen LogP contribution >= 0.6 is 23.2 Å². The molecule has 0 bridgehead atoms. The second-order valence-corrected chi connectivity index (χ2v) is 9.46. The minimum absolute atomic E-state index is 0.0291. The molecular weight excluding hydrogens is 455 g/mol. The summed E-state index contributed by atoms with van der Waals surface area (Å²) in [5.41, 5.74) is -0.165. The van der Waals surface area contributed by atoms with Crippen molar-refractivity contribution in [3.63, 3.8) is 0 Å². The quantitative estimate of drug-likeness (QED) is 0.445. The number of hydrogen-bond acceptors (Lipinski definition) is 8. The number of tetrazole rings is 1. The molecule has 0 fully saturated rings. The van der Waals surface area contributed by atoms with Gasteiger partial charge in [0, 0.05) is 23.3 Å². The zero-order chi connectivity index (χ0) is 21.9. The Kier molecular flexibility index (Phi) is 6.89. The van der Waals surface area contributed by atoms with Crippen LogP contribution in [-0.4, -0.2) is 53.1 Å². The van der Waals surface area contributed by atoms with Crippen molar-refractivity contribution in [3.05, 3.63) is 39.7 Å². The summed E-state index contributed by atoms with van der Waals surface area (Å²) in [5, 5.41) is 11.1. The molecule has 0 unspecified atom stereocenters. The number of carbonyl (C=O) groups excluding carboxylic acids is 2. The topological polar surface area (TPSA) is 121 Å². The van der Waals surface area contributed by atoms with Crippen LogP contribution in [0.4, 0.5) is 0 Å². The van der Waals surface area contributed by atoms with E-state index in [0.717, 1.165) is 6.26 Å². The molecular formula is C18H18Cl2N4O5S. The number of hydrogen-bond donors (Lipinski definition) is 0. The molecule has 2 aromatic rings. The van der Waals surface area contributed by atoms with E-state index in [1.165, 1.54) is 23.3 Å². The van der Waals surface area contributed by atoms with Gasteiger partial charge in [-0.3, -0.25) is 9.59 Å². The van der Waals surface area contributed by atoms with Crippen molar-refractivity contribution in [2.75, 3.05) is 12.9 Å². The number of Topliss-reactive ketones (excluding diaryl/α,β-unsaturated/α-hetero) is 2. The molecule has 0 N–H and O–H groups in total. The predicted octanol–water partition coefficient (Wildman–Crippen LogP) is 2.63. The molecule has 12 heteroatoms. The van der Waals surface area contributed by atoms with E-state index in [9.17, 15) is 18.0 Å². The highest BCUT2D eigenvalue weighted by atomic mass is 35.5. The summed E-state index contributed by atoms with van der Waals surface area (Å²) < 4.78 is 30.0. The fourth-order valence-corrected chi connectivity index (χ4v) is 4.51. The summed E-state index contributed by atoms with van der Waals surface area (Å²) in [6, 6.07) is 2.50. The maximum Gasteiger partial charge on any atom is 0.199 e. The van der Waals surface area contributed by atoms with Crippen molar-refractivity contribution in [3.8, 4) is 5.75 Å². The minimum Gasteiger partial charge on any atom is -0.489 e. The summed E-state index contributed by atoms with van der Waals surface area (Å²) in [4.78, 5) is 26.6. The Bertz CT molecular complexity index is 1110. The molecule has 30 heavy (non-hydrogen) atoms. The van der Waals surface area contributed by atoms with Crippen LogP contribution in [0.5, 0.6) is 5.75 Å². The molecule has 9 nitrogen and oxygen atoms in total. The maximum absolute atomic E-state index is 13.1. The number of sulfone groups is 1. The van der Waals surface area contributed by atoms with Gasteiger partial charge in [-0.25, -0.2) is 8.42 Å². The van der Waals surface area contributed by atoms with Crippen LogP contribution in [0.15, 0.2) is 34.0 Å². The highest BCUT2D eigenvalue weighted by Crippen LogP contribution is 2.37. The van der Waals surface area contributed by atoms with Gasteiger partial charge < -0.3 is 4.74 Å². The Morgan fingerprint density at radius 1 is 1.23 bits per heavy atom. The third kappa shape index (κ3) is 4.88. The number of rotatable bonds is 7. The van der Waals surface area contributed by atoms with Crippen molar-refractivity contribution >= 4 is 44.6 Å². The predicted molar refractivity (Wildman–Crippen MR) is 109 cm³/mol. The molecule has 1 aliphatic carbocycles. The van der Waals surface area contributed by atoms with Crippen LogP contribution in [0.25, 0.3) is 0 Å². The van der Waals surface area contributed by atoms with Crippen molar-refractivity contribution in [1.29, 1.82) is 0 Å². The Labute approximate surface area is 182 Å². The molecule has 0 spiro atoms. The zero-order valence-corrected chi connectivity index (χ0v) is 18.3. The molecule has 3 rings (SSSR count). The number of allylic oxidation sites excluding steroid dienone is 2. The highest BCUT2D eigenvalue weighted by molar-refractivity contribution is 7.90. The fraction of sp³-hybridized carbons (Fsp3) is 0.389. The van der Waals surface area contributed by atoms with E-state index >= 15 is 0 Å². The summed E-state index contributed by atoms with van der Waals surface area (Å²) in [6.07, 6.45) is 4.21. The number of ketones is 2. The second-order valence-electron chi connectivity index (χ2n) is 6.65. The third-order valence-electron chi connectivity index (χ3n) is 4.46. The Balaban J connectivity index is 1.99. The van der Waals surface area contributed by atoms with Gasteiger partial charge in [-0.2, -0.15) is 4.80 Å². The average Bonchev–Trinajstić information content (AvgIpc) is 3.13. The number of ether oxygens (including phenoxy) is 1. The molecule has 0 aliphatic heterocycles. The van der Waals surface area contributed by atoms with Crippen LogP contribution < -0.4 is 4.74 Å². The van der Waals surface area contributed by atoms with Gasteiger partial charge in [0.15, 0.2) is 33.5 Å². The lowest BCUT2D eigenvalue weighted by Crippen LogP contribution is -2.16. The van der Waals surface area contributed by atoms with E-state index < -0.39 is 15.6 Å². The first kappa shape index (κ1) is 22.4. The lowest BCUT2D eigenvalue weighted by atomic mass is 9.98. The molecule has 0 saturated heterocycles. The molecule has 0 radical (unpaired) electrons. The minimum atomic E-state index is -3.71. The maximum atomic E-state index is 13.1. The van der Waals surface area contributed by atoms with Crippen LogP contribution in [0.1, 0.15) is 36.0 Å². The first-order chi connectivity index (χ1) is 14.2. The van der Waals surface area contributed by atoms with E-state index in [1.807, 2.05) is 0 Å². The largest absolute Gasteiger partial charge is 0.489 e. The van der Waals surface area contributed by atoms with E-state index in [2.05, 4.69) is 15.4 Å². The van der Waals surface area contributed by atoms with Gasteiger partial charge in [0.2, 0.25) is 0 Å². The number of aromatic nitrogens is 4. The van der Waals surface area contributed by atoms with Crippen molar-refractivity contribution in [2.45, 2.75) is 37.1 Å². The standard InChI is InChI=1S/C18H18Cl2N4O5S/c1-30(27,28)14-7-6-11(17(26)15-12(19)4-2-3-5-13(15)25)16(20)18(14)29-9-8-24-22-10-21-23-24/h6-7,10H,2-5,8-9H2,1H3. The van der Waals surface area contributed by atoms with Gasteiger partial charge in [-0.05, 0) is 36.6 Å². The Morgan fingerprint density at radius 2 is 1.97 bits per heavy atom. The van der Waals surface area contributed by atoms with Crippen LogP contribution in [0.3, 0.4) is 0 Å². The van der Waals surface area contributed by atoms with E-state index in [4.69, 9.17) is 27.9 Å². The lowest BCUT2D eigenvalue weighted by Gasteiger charge is -2.15. The zero-order valence-electron chi connectivity index (χ0n) is 16.0. The molecule has 0 atom stereocenters. The van der Waals surface area contributed by atoms with E-state index in [0.29, 0.717) is 19.3 Å². The first-order valence-electron chi connectivity index (χ1n) is 9.03. The van der Waals surface area contributed by atoms with Crippen LogP contribution in [0.2, 0.25) is 5.02 Å². The SMILES string of the molecule is CS(=O)(=O)c1ccc(C(=O)C2=C(Cl)CCCCC2=O)c(Cl)c1OCCn1ncnn1. The monoisotopic (exact) mass is 472 g/mol. The fourth-order valence-electron chi connectivity index (χ4n) is 3.01. The molecule has 0 amide bonds. The second kappa shape index (κ2) is 9.23. The summed E-state index contributed by atoms with van der Waals surface area (Å²) in [7, 11) is -3.71. The van der Waals surface area contributed by atoms with Gasteiger partial charge in [0.05, 0.1) is 17.1 Å². The molecule has 1 aliphatic rings. The van der Waals surface area contributed by atoms with Gasteiger partial charge in [-0.15, -0.1) is 10.2 Å². The highest BCUT2D eigenvalue weighted by Gasteiger charge is 2.29. The summed E-state index contributed by atoms with van der Waals surface area (Å²) in [5.74, 6) is -1.19. The normalized spacial score (nSPS) is 15.2. The van der Waals surface area contributed by atoms with E-state index in [-0.39, 0.29) is 57.2 Å². The number of benzene rings is 1. The molecule has 0 saturated carbocycles. The summed E-state index contributed by atoms with van der Waals surface area (Å²) >= 11 is 12.6. The number of carbonyl (C=O) groups is 2. The summed E-state index contributed by atoms with van der Waals surface area (Å²) in [6.45, 7) is 0.145. The Hall–Kier alpha value is -2.30. The van der Waals surface area contributed by atoms with Gasteiger partial charge in [-0.1, -0.05) is 23.2 Å². The lowest BCUT2D eigenvalue weighted by molar-refractivity contribution is -0.115. The Morgan fingerprint density at radius 3 is 2.63 bits per heavy atom. The van der Waals surface area contributed by atoms with Crippen molar-refractivity contribution in [2.24, 2.45) is 0 Å². The molecule has 1 aromatic carbocycles. The molecule has 160 valence electrons. The van der Waals surface area contributed by atoms with Crippen molar-refractivity contribution < 1.29 is 22.7 Å². The molecule has 1 heterocycles. The number of halogens is 2. The first-order valence-corrected chi connectivity index (χ1v) is 11.7.